The van der Waals surface area contributed by atoms with Crippen LogP contribution in [0.5, 0.6) is 0 Å². The maximum atomic E-state index is 12.4. The highest BCUT2D eigenvalue weighted by atomic mass is 16.5. The molecule has 0 saturated carbocycles. The van der Waals surface area contributed by atoms with Gasteiger partial charge in [0, 0.05) is 44.0 Å². The lowest BCUT2D eigenvalue weighted by Crippen LogP contribution is -2.29. The minimum absolute atomic E-state index is 0.220. The maximum absolute atomic E-state index is 12.4. The molecule has 0 spiro atoms. The summed E-state index contributed by atoms with van der Waals surface area (Å²) < 4.78 is 0. The minimum Gasteiger partial charge on any atom is -0.352 e. The van der Waals surface area contributed by atoms with E-state index in [0.29, 0.717) is 25.3 Å². The summed E-state index contributed by atoms with van der Waals surface area (Å²) in [5.41, 5.74) is 3.48. The number of hydroxylamine groups is 1. The fraction of sp³-hybridized carbons (Fsp3) is 0.333. The number of para-hydroxylation sites is 1. The standard InChI is InChI=1S/C27H37N5O3/c1-5-6-7-11-16-23(3)32(24-17-12-10-13-18-24)27(28-4)30-21-22(2)26(34)29-20-15-9-8-14-19-25(33)31-35/h5-7,10-13,17-18,21,35H,2-3,8-9,14-16,19-20H2,1,4H3,(H,29,34)(H,31,33). The number of carbonyl (C=O) groups is 2. The van der Waals surface area contributed by atoms with E-state index in [0.717, 1.165) is 30.6 Å². The summed E-state index contributed by atoms with van der Waals surface area (Å²) in [6.07, 6.45) is 13.3. The molecule has 0 aromatic heterocycles. The van der Waals surface area contributed by atoms with Crippen molar-refractivity contribution >= 4 is 29.7 Å². The zero-order chi connectivity index (χ0) is 25.9. The summed E-state index contributed by atoms with van der Waals surface area (Å²) in [4.78, 5) is 33.9. The van der Waals surface area contributed by atoms with Crippen molar-refractivity contribution < 1.29 is 14.8 Å². The van der Waals surface area contributed by atoms with Crippen LogP contribution in [-0.2, 0) is 9.59 Å². The largest absolute Gasteiger partial charge is 0.352 e. The Morgan fingerprint density at radius 2 is 1.80 bits per heavy atom. The van der Waals surface area contributed by atoms with Crippen LogP contribution in [0.25, 0.3) is 0 Å². The summed E-state index contributed by atoms with van der Waals surface area (Å²) in [6.45, 7) is 10.5. The molecule has 1 aromatic rings. The van der Waals surface area contributed by atoms with Gasteiger partial charge in [0.25, 0.3) is 5.91 Å². The number of nitrogens with zero attached hydrogens (tertiary/aromatic N) is 3. The molecule has 1 aromatic carbocycles. The van der Waals surface area contributed by atoms with Gasteiger partial charge in [-0.3, -0.25) is 24.7 Å². The summed E-state index contributed by atoms with van der Waals surface area (Å²) in [5, 5.41) is 11.3. The van der Waals surface area contributed by atoms with E-state index in [-0.39, 0.29) is 23.8 Å². The molecule has 2 amide bonds. The molecular formula is C27H37N5O3. The summed E-state index contributed by atoms with van der Waals surface area (Å²) in [6, 6.07) is 9.67. The summed E-state index contributed by atoms with van der Waals surface area (Å²) in [7, 11) is 1.64. The first-order chi connectivity index (χ1) is 16.9. The molecule has 0 atom stereocenters. The molecule has 3 N–H and O–H groups in total. The van der Waals surface area contributed by atoms with Crippen molar-refractivity contribution in [2.45, 2.75) is 45.4 Å². The Kier molecular flexibility index (Phi) is 14.8. The van der Waals surface area contributed by atoms with E-state index in [1.807, 2.05) is 66.5 Å². The highest BCUT2D eigenvalue weighted by molar-refractivity contribution is 6.15. The molecule has 8 heteroatoms. The van der Waals surface area contributed by atoms with E-state index >= 15 is 0 Å². The van der Waals surface area contributed by atoms with Crippen LogP contribution in [0.1, 0.15) is 45.4 Å². The molecule has 35 heavy (non-hydrogen) atoms. The number of aliphatic imine (C=N–C) groups is 2. The number of rotatable bonds is 14. The normalized spacial score (nSPS) is 11.8. The highest BCUT2D eigenvalue weighted by Gasteiger charge is 2.15. The zero-order valence-corrected chi connectivity index (χ0v) is 20.7. The number of unbranched alkanes of at least 4 members (excludes halogenated alkanes) is 3. The Bertz CT molecular complexity index is 949. The number of anilines is 1. The average Bonchev–Trinajstić information content (AvgIpc) is 2.88. The van der Waals surface area contributed by atoms with Crippen molar-refractivity contribution in [3.63, 3.8) is 0 Å². The lowest BCUT2D eigenvalue weighted by Gasteiger charge is -2.25. The van der Waals surface area contributed by atoms with E-state index in [9.17, 15) is 9.59 Å². The topological polar surface area (TPSA) is 106 Å². The van der Waals surface area contributed by atoms with Gasteiger partial charge in [0.05, 0.1) is 5.57 Å². The molecule has 0 heterocycles. The molecule has 0 aliphatic heterocycles. The number of amides is 2. The first-order valence-corrected chi connectivity index (χ1v) is 11.7. The van der Waals surface area contributed by atoms with Crippen molar-refractivity contribution in [1.82, 2.24) is 10.8 Å². The Labute approximate surface area is 208 Å². The van der Waals surface area contributed by atoms with Gasteiger partial charge in [0.1, 0.15) is 0 Å². The molecule has 0 bridgehead atoms. The molecule has 188 valence electrons. The van der Waals surface area contributed by atoms with Gasteiger partial charge in [-0.05, 0) is 31.9 Å². The van der Waals surface area contributed by atoms with Crippen LogP contribution in [0, 0.1) is 0 Å². The molecule has 8 nitrogen and oxygen atoms in total. The molecular weight excluding hydrogens is 442 g/mol. The van der Waals surface area contributed by atoms with Crippen molar-refractivity contribution in [3.8, 4) is 0 Å². The van der Waals surface area contributed by atoms with Gasteiger partial charge in [-0.1, -0.05) is 68.5 Å². The Morgan fingerprint density at radius 3 is 2.46 bits per heavy atom. The highest BCUT2D eigenvalue weighted by Crippen LogP contribution is 2.21. The predicted molar refractivity (Wildman–Crippen MR) is 144 cm³/mol. The number of carbonyl (C=O) groups excluding carboxylic acids is 2. The second-order valence-electron chi connectivity index (χ2n) is 7.66. The Morgan fingerprint density at radius 1 is 1.09 bits per heavy atom. The van der Waals surface area contributed by atoms with Gasteiger partial charge in [-0.25, -0.2) is 10.5 Å². The van der Waals surface area contributed by atoms with Gasteiger partial charge >= 0.3 is 0 Å². The average molecular weight is 480 g/mol. The third kappa shape index (κ3) is 11.8. The van der Waals surface area contributed by atoms with Crippen molar-refractivity contribution in [2.24, 2.45) is 9.98 Å². The number of guanidine groups is 1. The number of hydrogen-bond donors (Lipinski definition) is 3. The lowest BCUT2D eigenvalue weighted by atomic mass is 10.1. The van der Waals surface area contributed by atoms with Crippen LogP contribution < -0.4 is 15.7 Å². The van der Waals surface area contributed by atoms with Crippen LogP contribution in [0.3, 0.4) is 0 Å². The number of hydrogen-bond acceptors (Lipinski definition) is 4. The second-order valence-corrected chi connectivity index (χ2v) is 7.66. The van der Waals surface area contributed by atoms with Crippen molar-refractivity contribution in [1.29, 1.82) is 0 Å². The molecule has 0 radical (unpaired) electrons. The molecule has 0 aliphatic rings. The predicted octanol–water partition coefficient (Wildman–Crippen LogP) is 4.71. The molecule has 0 saturated heterocycles. The molecule has 0 aliphatic carbocycles. The van der Waals surface area contributed by atoms with Gasteiger partial charge in [-0.15, -0.1) is 0 Å². The van der Waals surface area contributed by atoms with E-state index in [4.69, 9.17) is 5.21 Å². The zero-order valence-electron chi connectivity index (χ0n) is 20.7. The molecule has 0 unspecified atom stereocenters. The fourth-order valence-electron chi connectivity index (χ4n) is 3.05. The minimum atomic E-state index is -0.386. The van der Waals surface area contributed by atoms with Crippen molar-refractivity contribution in [3.05, 3.63) is 79.1 Å². The SMILES string of the molecule is C=C(C=NC(=NC)N(C(=C)CC=CC=CC)c1ccccc1)C(=O)NCCCCCCC(=O)NO. The monoisotopic (exact) mass is 479 g/mol. The van der Waals surface area contributed by atoms with Gasteiger partial charge in [0.2, 0.25) is 11.9 Å². The van der Waals surface area contributed by atoms with Crippen LogP contribution in [-0.4, -0.2) is 42.8 Å². The van der Waals surface area contributed by atoms with E-state index in [1.165, 1.54) is 6.21 Å². The Hall–Kier alpha value is -3.78. The summed E-state index contributed by atoms with van der Waals surface area (Å²) in [5.74, 6) is -0.298. The first kappa shape index (κ1) is 29.3. The van der Waals surface area contributed by atoms with Crippen molar-refractivity contribution in [2.75, 3.05) is 18.5 Å². The van der Waals surface area contributed by atoms with Crippen LogP contribution in [0.4, 0.5) is 5.69 Å². The second kappa shape index (κ2) is 17.7. The van der Waals surface area contributed by atoms with Gasteiger partial charge in [0.15, 0.2) is 0 Å². The number of benzene rings is 1. The quantitative estimate of drug-likeness (QED) is 0.0683. The molecule has 1 rings (SSSR count). The summed E-state index contributed by atoms with van der Waals surface area (Å²) >= 11 is 0. The van der Waals surface area contributed by atoms with Gasteiger partial charge in [-0.2, -0.15) is 0 Å². The van der Waals surface area contributed by atoms with E-state index in [1.54, 1.807) is 12.5 Å². The maximum Gasteiger partial charge on any atom is 0.252 e. The third-order valence-corrected chi connectivity index (χ3v) is 4.89. The van der Waals surface area contributed by atoms with Crippen LogP contribution >= 0.6 is 0 Å². The smallest absolute Gasteiger partial charge is 0.252 e. The van der Waals surface area contributed by atoms with E-state index < -0.39 is 0 Å². The third-order valence-electron chi connectivity index (χ3n) is 4.89. The fourth-order valence-corrected chi connectivity index (χ4v) is 3.05. The van der Waals surface area contributed by atoms with Crippen LogP contribution in [0.15, 0.2) is 89.0 Å². The van der Waals surface area contributed by atoms with Gasteiger partial charge < -0.3 is 5.32 Å². The number of allylic oxidation sites excluding steroid dienone is 4. The molecule has 0 fully saturated rings. The lowest BCUT2D eigenvalue weighted by molar-refractivity contribution is -0.129. The Balaban J connectivity index is 2.69. The number of nitrogens with one attached hydrogen (secondary N) is 2. The van der Waals surface area contributed by atoms with Crippen LogP contribution in [0.2, 0.25) is 0 Å². The van der Waals surface area contributed by atoms with E-state index in [2.05, 4.69) is 28.5 Å². The first-order valence-electron chi connectivity index (χ1n) is 11.7.